The lowest BCUT2D eigenvalue weighted by Gasteiger charge is -2.35. The second kappa shape index (κ2) is 6.10. The fraction of sp³-hybridized carbons (Fsp3) is 0.714. The largest absolute Gasteiger partial charge is 0.436 e. The van der Waals surface area contributed by atoms with Gasteiger partial charge in [0, 0.05) is 12.6 Å². The van der Waals surface area contributed by atoms with Crippen LogP contribution in [0.3, 0.4) is 0 Å². The van der Waals surface area contributed by atoms with Crippen LogP contribution >= 0.6 is 11.6 Å². The van der Waals surface area contributed by atoms with Crippen LogP contribution in [-0.2, 0) is 11.0 Å². The SMILES string of the molecule is Cc1c(Cl)c(C(F)(F)F)nn1[C@@H](C)C(=O)N1CCCC[C@H]1C. The number of carbonyl (C=O) groups is 1. The number of amides is 1. The van der Waals surface area contributed by atoms with E-state index in [1.54, 1.807) is 11.8 Å². The van der Waals surface area contributed by atoms with E-state index < -0.39 is 22.9 Å². The average Bonchev–Trinajstić information content (AvgIpc) is 2.74. The van der Waals surface area contributed by atoms with Gasteiger partial charge in [0.15, 0.2) is 5.69 Å². The molecule has 0 saturated carbocycles. The van der Waals surface area contributed by atoms with E-state index in [0.29, 0.717) is 6.54 Å². The van der Waals surface area contributed by atoms with Gasteiger partial charge in [-0.2, -0.15) is 18.3 Å². The molecule has 8 heteroatoms. The standard InChI is InChI=1S/C14H19ClF3N3O/c1-8-6-4-5-7-20(8)13(22)10(3)21-9(2)11(15)12(19-21)14(16,17)18/h8,10H,4-7H2,1-3H3/t8-,10+/m1/s1. The molecule has 0 aromatic carbocycles. The minimum Gasteiger partial charge on any atom is -0.338 e. The molecule has 1 aromatic heterocycles. The smallest absolute Gasteiger partial charge is 0.338 e. The summed E-state index contributed by atoms with van der Waals surface area (Å²) in [4.78, 5) is 14.3. The number of aromatic nitrogens is 2. The Kier molecular flexibility index (Phi) is 4.75. The third-order valence-electron chi connectivity index (χ3n) is 4.16. The Labute approximate surface area is 132 Å². The summed E-state index contributed by atoms with van der Waals surface area (Å²) in [6.45, 7) is 5.58. The maximum atomic E-state index is 12.9. The van der Waals surface area contributed by atoms with Crippen molar-refractivity contribution in [2.45, 2.75) is 58.3 Å². The fourth-order valence-electron chi connectivity index (χ4n) is 2.83. The second-order valence-corrected chi connectivity index (χ2v) is 6.12. The van der Waals surface area contributed by atoms with E-state index in [0.717, 1.165) is 23.9 Å². The van der Waals surface area contributed by atoms with E-state index in [1.165, 1.54) is 6.92 Å². The van der Waals surface area contributed by atoms with Gasteiger partial charge >= 0.3 is 6.18 Å². The quantitative estimate of drug-likeness (QED) is 0.822. The van der Waals surface area contributed by atoms with Crippen molar-refractivity contribution in [1.82, 2.24) is 14.7 Å². The van der Waals surface area contributed by atoms with Crippen LogP contribution in [0.25, 0.3) is 0 Å². The van der Waals surface area contributed by atoms with Gasteiger partial charge < -0.3 is 4.90 Å². The Hall–Kier alpha value is -1.24. The van der Waals surface area contributed by atoms with Crippen LogP contribution in [0.2, 0.25) is 5.02 Å². The number of halogens is 4. The first-order chi connectivity index (χ1) is 10.1. The van der Waals surface area contributed by atoms with Gasteiger partial charge in [0.1, 0.15) is 6.04 Å². The van der Waals surface area contributed by atoms with Gasteiger partial charge in [-0.05, 0) is 40.0 Å². The normalized spacial score (nSPS) is 21.0. The molecule has 2 rings (SSSR count). The van der Waals surface area contributed by atoms with Crippen molar-refractivity contribution in [3.05, 3.63) is 16.4 Å². The van der Waals surface area contributed by atoms with Gasteiger partial charge in [-0.3, -0.25) is 9.48 Å². The first-order valence-corrected chi connectivity index (χ1v) is 7.64. The molecular weight excluding hydrogens is 319 g/mol. The molecule has 0 N–H and O–H groups in total. The molecule has 124 valence electrons. The lowest BCUT2D eigenvalue weighted by atomic mass is 10.0. The van der Waals surface area contributed by atoms with Crippen molar-refractivity contribution in [2.75, 3.05) is 6.54 Å². The highest BCUT2D eigenvalue weighted by atomic mass is 35.5. The molecule has 0 spiro atoms. The molecule has 0 unspecified atom stereocenters. The molecule has 2 heterocycles. The van der Waals surface area contributed by atoms with Gasteiger partial charge in [-0.1, -0.05) is 11.6 Å². The highest BCUT2D eigenvalue weighted by molar-refractivity contribution is 6.32. The zero-order chi connectivity index (χ0) is 16.7. The third kappa shape index (κ3) is 3.09. The molecule has 0 aliphatic carbocycles. The predicted molar refractivity (Wildman–Crippen MR) is 76.7 cm³/mol. The molecule has 22 heavy (non-hydrogen) atoms. The number of alkyl halides is 3. The van der Waals surface area contributed by atoms with Crippen molar-refractivity contribution in [2.24, 2.45) is 0 Å². The van der Waals surface area contributed by atoms with Crippen molar-refractivity contribution >= 4 is 17.5 Å². The Morgan fingerprint density at radius 2 is 2.05 bits per heavy atom. The summed E-state index contributed by atoms with van der Waals surface area (Å²) < 4.78 is 39.7. The fourth-order valence-corrected chi connectivity index (χ4v) is 3.06. The maximum absolute atomic E-state index is 12.9. The van der Waals surface area contributed by atoms with Crippen molar-refractivity contribution in [3.8, 4) is 0 Å². The summed E-state index contributed by atoms with van der Waals surface area (Å²) in [6, 6.07) is -0.716. The van der Waals surface area contributed by atoms with Crippen LogP contribution in [0, 0.1) is 6.92 Å². The van der Waals surface area contributed by atoms with E-state index in [2.05, 4.69) is 5.10 Å². The highest BCUT2D eigenvalue weighted by Gasteiger charge is 2.39. The summed E-state index contributed by atoms with van der Waals surface area (Å²) in [5, 5.41) is 3.09. The molecule has 0 bridgehead atoms. The van der Waals surface area contributed by atoms with Crippen LogP contribution in [0.1, 0.15) is 50.5 Å². The van der Waals surface area contributed by atoms with Crippen molar-refractivity contribution in [1.29, 1.82) is 0 Å². The summed E-state index contributed by atoms with van der Waals surface area (Å²) in [6.07, 6.45) is -1.75. The van der Waals surface area contributed by atoms with Gasteiger partial charge in [0.25, 0.3) is 0 Å². The van der Waals surface area contributed by atoms with E-state index in [4.69, 9.17) is 11.6 Å². The Bertz CT molecular complexity index is 570. The van der Waals surface area contributed by atoms with Crippen LogP contribution in [0.5, 0.6) is 0 Å². The second-order valence-electron chi connectivity index (χ2n) is 5.74. The number of hydrogen-bond acceptors (Lipinski definition) is 2. The predicted octanol–water partition coefficient (Wildman–Crippen LogP) is 3.83. The number of carbonyl (C=O) groups excluding carboxylic acids is 1. The lowest BCUT2D eigenvalue weighted by Crippen LogP contribution is -2.45. The summed E-state index contributed by atoms with van der Waals surface area (Å²) in [5.41, 5.74) is -0.988. The molecule has 1 amide bonds. The molecule has 1 aliphatic heterocycles. The minimum absolute atomic E-state index is 0.0946. The Balaban J connectivity index is 2.29. The van der Waals surface area contributed by atoms with Crippen LogP contribution < -0.4 is 0 Å². The molecular formula is C14H19ClF3N3O. The number of piperidine rings is 1. The van der Waals surface area contributed by atoms with Gasteiger partial charge in [-0.25, -0.2) is 0 Å². The van der Waals surface area contributed by atoms with E-state index in [9.17, 15) is 18.0 Å². The zero-order valence-corrected chi connectivity index (χ0v) is 13.5. The Morgan fingerprint density at radius 3 is 2.55 bits per heavy atom. The molecule has 0 radical (unpaired) electrons. The summed E-state index contributed by atoms with van der Waals surface area (Å²) >= 11 is 5.73. The summed E-state index contributed by atoms with van der Waals surface area (Å²) in [5.74, 6) is -0.219. The van der Waals surface area contributed by atoms with Crippen molar-refractivity contribution < 1.29 is 18.0 Å². The van der Waals surface area contributed by atoms with Gasteiger partial charge in [0.05, 0.1) is 10.7 Å². The molecule has 1 aliphatic rings. The topological polar surface area (TPSA) is 38.1 Å². The Morgan fingerprint density at radius 1 is 1.41 bits per heavy atom. The van der Waals surface area contributed by atoms with Gasteiger partial charge in [-0.15, -0.1) is 0 Å². The van der Waals surface area contributed by atoms with E-state index in [-0.39, 0.29) is 17.6 Å². The van der Waals surface area contributed by atoms with Crippen molar-refractivity contribution in [3.63, 3.8) is 0 Å². The average molecular weight is 338 g/mol. The first-order valence-electron chi connectivity index (χ1n) is 7.27. The molecule has 1 aromatic rings. The molecule has 4 nitrogen and oxygen atoms in total. The van der Waals surface area contributed by atoms with E-state index >= 15 is 0 Å². The van der Waals surface area contributed by atoms with Crippen LogP contribution in [-0.4, -0.2) is 33.2 Å². The van der Waals surface area contributed by atoms with E-state index in [1.807, 2.05) is 6.92 Å². The molecule has 1 fully saturated rings. The number of hydrogen-bond donors (Lipinski definition) is 0. The molecule has 1 saturated heterocycles. The minimum atomic E-state index is -4.63. The number of likely N-dealkylation sites (tertiary alicyclic amines) is 1. The maximum Gasteiger partial charge on any atom is 0.436 e. The zero-order valence-electron chi connectivity index (χ0n) is 12.7. The number of rotatable bonds is 2. The first kappa shape index (κ1) is 17.1. The number of nitrogens with zero attached hydrogens (tertiary/aromatic N) is 3. The van der Waals surface area contributed by atoms with Crippen LogP contribution in [0.4, 0.5) is 13.2 Å². The molecule has 2 atom stereocenters. The third-order valence-corrected chi connectivity index (χ3v) is 4.61. The summed E-state index contributed by atoms with van der Waals surface area (Å²) in [7, 11) is 0. The monoisotopic (exact) mass is 337 g/mol. The lowest BCUT2D eigenvalue weighted by molar-refractivity contribution is -0.143. The van der Waals surface area contributed by atoms with Gasteiger partial charge in [0.2, 0.25) is 5.91 Å². The van der Waals surface area contributed by atoms with Crippen LogP contribution in [0.15, 0.2) is 0 Å². The highest BCUT2D eigenvalue weighted by Crippen LogP contribution is 2.36.